The van der Waals surface area contributed by atoms with E-state index in [0.29, 0.717) is 25.6 Å². The van der Waals surface area contributed by atoms with Crippen LogP contribution in [0.15, 0.2) is 18.5 Å². The Morgan fingerprint density at radius 2 is 2.08 bits per heavy atom. The molecule has 0 unspecified atom stereocenters. The average molecular weight is 346 g/mol. The Hall–Kier alpha value is -2.38. The van der Waals surface area contributed by atoms with Gasteiger partial charge in [-0.15, -0.1) is 10.2 Å². The predicted octanol–water partition coefficient (Wildman–Crippen LogP) is 2.27. The number of aromatic nitrogens is 5. The fourth-order valence-electron chi connectivity index (χ4n) is 3.25. The number of nitrogens with zero attached hydrogens (tertiary/aromatic N) is 6. The first-order valence-electron chi connectivity index (χ1n) is 8.93. The Kier molecular flexibility index (Phi) is 5.35. The number of ether oxygens (including phenoxy) is 1. The third kappa shape index (κ3) is 4.00. The first-order chi connectivity index (χ1) is 12.1. The lowest BCUT2D eigenvalue weighted by atomic mass is 9.96. The fraction of sp³-hybridized carbons (Fsp3) is 0.647. The Balaban J connectivity index is 1.65. The van der Waals surface area contributed by atoms with E-state index in [1.165, 1.54) is 0 Å². The van der Waals surface area contributed by atoms with Crippen molar-refractivity contribution in [2.75, 3.05) is 13.1 Å². The van der Waals surface area contributed by atoms with E-state index in [4.69, 9.17) is 4.74 Å². The first-order valence-corrected chi connectivity index (χ1v) is 8.93. The van der Waals surface area contributed by atoms with Crippen molar-refractivity contribution in [3.63, 3.8) is 0 Å². The molecule has 1 aliphatic heterocycles. The highest BCUT2D eigenvalue weighted by molar-refractivity contribution is 5.67. The molecule has 8 nitrogen and oxygen atoms in total. The Bertz CT molecular complexity index is 686. The summed E-state index contributed by atoms with van der Waals surface area (Å²) in [6.07, 6.45) is 5.15. The molecule has 1 amide bonds. The Labute approximate surface area is 147 Å². The van der Waals surface area contributed by atoms with Crippen molar-refractivity contribution in [2.45, 2.75) is 58.7 Å². The van der Waals surface area contributed by atoms with E-state index in [1.54, 1.807) is 11.1 Å². The zero-order valence-electron chi connectivity index (χ0n) is 15.1. The highest BCUT2D eigenvalue weighted by Crippen LogP contribution is 2.27. The minimum absolute atomic E-state index is 0.0849. The molecule has 0 bridgehead atoms. The van der Waals surface area contributed by atoms with Crippen LogP contribution in [0.3, 0.4) is 0 Å². The quantitative estimate of drug-likeness (QED) is 0.830. The van der Waals surface area contributed by atoms with Crippen LogP contribution < -0.4 is 0 Å². The number of piperidine rings is 1. The minimum Gasteiger partial charge on any atom is -0.447 e. The molecule has 1 saturated heterocycles. The molecule has 2 aromatic heterocycles. The molecule has 0 atom stereocenters. The summed E-state index contributed by atoms with van der Waals surface area (Å²) in [7, 11) is 0. The fourth-order valence-corrected chi connectivity index (χ4v) is 3.25. The zero-order valence-corrected chi connectivity index (χ0v) is 15.1. The summed E-state index contributed by atoms with van der Waals surface area (Å²) in [4.78, 5) is 13.8. The van der Waals surface area contributed by atoms with Gasteiger partial charge in [0.2, 0.25) is 0 Å². The summed E-state index contributed by atoms with van der Waals surface area (Å²) < 4.78 is 9.31. The smallest absolute Gasteiger partial charge is 0.410 e. The van der Waals surface area contributed by atoms with Crippen LogP contribution in [0.1, 0.15) is 51.2 Å². The van der Waals surface area contributed by atoms with Crippen molar-refractivity contribution in [2.24, 2.45) is 0 Å². The van der Waals surface area contributed by atoms with Crippen LogP contribution in [0.25, 0.3) is 0 Å². The lowest BCUT2D eigenvalue weighted by molar-refractivity contribution is 0.0687. The molecule has 3 heterocycles. The number of rotatable bonds is 5. The molecule has 1 fully saturated rings. The van der Waals surface area contributed by atoms with E-state index in [9.17, 15) is 4.79 Å². The summed E-state index contributed by atoms with van der Waals surface area (Å²) in [6.45, 7) is 8.68. The van der Waals surface area contributed by atoms with Crippen molar-refractivity contribution in [1.29, 1.82) is 0 Å². The van der Waals surface area contributed by atoms with Gasteiger partial charge in [0.15, 0.2) is 5.82 Å². The van der Waals surface area contributed by atoms with Crippen LogP contribution in [0.5, 0.6) is 0 Å². The van der Waals surface area contributed by atoms with Crippen LogP contribution >= 0.6 is 0 Å². The van der Waals surface area contributed by atoms with Crippen LogP contribution in [0.4, 0.5) is 4.79 Å². The molecule has 3 rings (SSSR count). The van der Waals surface area contributed by atoms with Gasteiger partial charge in [-0.1, -0.05) is 0 Å². The summed E-state index contributed by atoms with van der Waals surface area (Å²) >= 11 is 0. The van der Waals surface area contributed by atoms with E-state index in [2.05, 4.69) is 26.8 Å². The predicted molar refractivity (Wildman–Crippen MR) is 92.2 cm³/mol. The zero-order chi connectivity index (χ0) is 17.8. The van der Waals surface area contributed by atoms with Crippen LogP contribution in [0.2, 0.25) is 0 Å². The van der Waals surface area contributed by atoms with Gasteiger partial charge in [0.05, 0.1) is 6.10 Å². The highest BCUT2D eigenvalue weighted by atomic mass is 16.6. The summed E-state index contributed by atoms with van der Waals surface area (Å²) in [5, 5.41) is 13.1. The third-order valence-electron chi connectivity index (χ3n) is 4.49. The van der Waals surface area contributed by atoms with Gasteiger partial charge < -0.3 is 14.2 Å². The van der Waals surface area contributed by atoms with Gasteiger partial charge in [0.25, 0.3) is 0 Å². The van der Waals surface area contributed by atoms with Gasteiger partial charge in [0, 0.05) is 37.9 Å². The molecule has 0 spiro atoms. The lowest BCUT2D eigenvalue weighted by Gasteiger charge is -2.31. The number of hydrogen-bond acceptors (Lipinski definition) is 5. The maximum absolute atomic E-state index is 12.0. The van der Waals surface area contributed by atoms with Gasteiger partial charge in [-0.2, -0.15) is 5.10 Å². The summed E-state index contributed by atoms with van der Waals surface area (Å²) in [5.41, 5.74) is 0. The lowest BCUT2D eigenvalue weighted by Crippen LogP contribution is -2.39. The van der Waals surface area contributed by atoms with Crippen molar-refractivity contribution < 1.29 is 9.53 Å². The van der Waals surface area contributed by atoms with E-state index in [0.717, 1.165) is 31.0 Å². The Morgan fingerprint density at radius 1 is 1.32 bits per heavy atom. The van der Waals surface area contributed by atoms with Crippen LogP contribution in [-0.2, 0) is 17.8 Å². The molecule has 25 heavy (non-hydrogen) atoms. The molecular weight excluding hydrogens is 320 g/mol. The molecule has 0 N–H and O–H groups in total. The standard InChI is InChI=1S/C17H26N6O2/c1-4-23-15(12-22-9-5-8-18-22)19-20-16(23)14-6-10-21(11-7-14)17(24)25-13(2)3/h5,8-9,13-14H,4,6-7,10-12H2,1-3H3. The number of amides is 1. The third-order valence-corrected chi connectivity index (χ3v) is 4.49. The van der Waals surface area contributed by atoms with Crippen molar-refractivity contribution in [3.05, 3.63) is 30.1 Å². The summed E-state index contributed by atoms with van der Waals surface area (Å²) in [6, 6.07) is 1.90. The second-order valence-electron chi connectivity index (χ2n) is 6.62. The monoisotopic (exact) mass is 346 g/mol. The summed E-state index contributed by atoms with van der Waals surface area (Å²) in [5.74, 6) is 2.26. The molecule has 2 aromatic rings. The molecule has 0 aromatic carbocycles. The number of carbonyl (C=O) groups is 1. The SMILES string of the molecule is CCn1c(Cn2cccn2)nnc1C1CCN(C(=O)OC(C)C)CC1. The molecule has 0 radical (unpaired) electrons. The van der Waals surface area contributed by atoms with Crippen molar-refractivity contribution in [1.82, 2.24) is 29.4 Å². The number of carbonyl (C=O) groups excluding carboxylic acids is 1. The van der Waals surface area contributed by atoms with Crippen LogP contribution in [0, 0.1) is 0 Å². The van der Waals surface area contributed by atoms with E-state index < -0.39 is 0 Å². The van der Waals surface area contributed by atoms with Gasteiger partial charge >= 0.3 is 6.09 Å². The van der Waals surface area contributed by atoms with E-state index in [1.807, 2.05) is 30.8 Å². The molecule has 8 heteroatoms. The number of likely N-dealkylation sites (tertiary alicyclic amines) is 1. The highest BCUT2D eigenvalue weighted by Gasteiger charge is 2.28. The molecule has 136 valence electrons. The van der Waals surface area contributed by atoms with E-state index >= 15 is 0 Å². The molecule has 1 aliphatic rings. The normalized spacial score (nSPS) is 15.8. The van der Waals surface area contributed by atoms with Gasteiger partial charge in [-0.25, -0.2) is 4.79 Å². The van der Waals surface area contributed by atoms with Gasteiger partial charge in [-0.3, -0.25) is 4.68 Å². The second kappa shape index (κ2) is 7.67. The van der Waals surface area contributed by atoms with Gasteiger partial charge in [0.1, 0.15) is 12.4 Å². The van der Waals surface area contributed by atoms with Gasteiger partial charge in [-0.05, 0) is 39.7 Å². The average Bonchev–Trinajstić information content (AvgIpc) is 3.24. The van der Waals surface area contributed by atoms with Crippen molar-refractivity contribution >= 4 is 6.09 Å². The minimum atomic E-state index is -0.218. The molecular formula is C17H26N6O2. The first kappa shape index (κ1) is 17.4. The maximum Gasteiger partial charge on any atom is 0.410 e. The molecule has 0 saturated carbocycles. The van der Waals surface area contributed by atoms with Crippen LogP contribution in [-0.4, -0.2) is 54.7 Å². The Morgan fingerprint density at radius 3 is 2.68 bits per heavy atom. The van der Waals surface area contributed by atoms with E-state index in [-0.39, 0.29) is 12.2 Å². The topological polar surface area (TPSA) is 78.1 Å². The number of hydrogen-bond donors (Lipinski definition) is 0. The second-order valence-corrected chi connectivity index (χ2v) is 6.62. The largest absolute Gasteiger partial charge is 0.447 e. The molecule has 0 aliphatic carbocycles. The maximum atomic E-state index is 12.0. The van der Waals surface area contributed by atoms with Crippen molar-refractivity contribution in [3.8, 4) is 0 Å².